The molecule has 108 valence electrons. The molecular weight excluding hydrogens is 332 g/mol. The number of benzene rings is 2. The highest BCUT2D eigenvalue weighted by atomic mass is 79.9. The molecule has 0 bridgehead atoms. The Balaban J connectivity index is 2.27. The van der Waals surface area contributed by atoms with Gasteiger partial charge < -0.3 is 9.84 Å². The van der Waals surface area contributed by atoms with Gasteiger partial charge >= 0.3 is 0 Å². The normalized spacial score (nSPS) is 10.8. The molecule has 2 rings (SSSR count). The highest BCUT2D eigenvalue weighted by molar-refractivity contribution is 9.10. The van der Waals surface area contributed by atoms with Crippen LogP contribution in [-0.4, -0.2) is 18.0 Å². The van der Waals surface area contributed by atoms with E-state index in [-0.39, 0.29) is 11.5 Å². The van der Waals surface area contributed by atoms with E-state index in [1.54, 1.807) is 18.2 Å². The van der Waals surface area contributed by atoms with Crippen LogP contribution in [0.1, 0.15) is 21.5 Å². The first kappa shape index (κ1) is 15.3. The summed E-state index contributed by atoms with van der Waals surface area (Å²) in [7, 11) is 1.48. The van der Waals surface area contributed by atoms with Gasteiger partial charge in [-0.2, -0.15) is 0 Å². The molecule has 0 aliphatic rings. The Morgan fingerprint density at radius 1 is 1.29 bits per heavy atom. The molecule has 0 amide bonds. The van der Waals surface area contributed by atoms with E-state index >= 15 is 0 Å². The number of methoxy groups -OCH3 is 1. The number of rotatable bonds is 4. The molecule has 1 N–H and O–H groups in total. The Hall–Kier alpha value is -2.07. The molecule has 0 radical (unpaired) electrons. The second-order valence-corrected chi connectivity index (χ2v) is 5.47. The van der Waals surface area contributed by atoms with E-state index in [1.165, 1.54) is 19.3 Å². The minimum absolute atomic E-state index is 0.0477. The lowest BCUT2D eigenvalue weighted by atomic mass is 10.1. The van der Waals surface area contributed by atoms with Gasteiger partial charge in [0.25, 0.3) is 0 Å². The zero-order valence-corrected chi connectivity index (χ0v) is 13.3. The van der Waals surface area contributed by atoms with Gasteiger partial charge in [-0.05, 0) is 42.8 Å². The summed E-state index contributed by atoms with van der Waals surface area (Å²) in [6.45, 7) is 1.95. The fourth-order valence-corrected chi connectivity index (χ4v) is 2.37. The van der Waals surface area contributed by atoms with Crippen molar-refractivity contribution in [2.75, 3.05) is 7.11 Å². The average molecular weight is 347 g/mol. The van der Waals surface area contributed by atoms with Gasteiger partial charge in [0.2, 0.25) is 0 Å². The van der Waals surface area contributed by atoms with Crippen molar-refractivity contribution in [3.05, 3.63) is 63.6 Å². The van der Waals surface area contributed by atoms with Crippen LogP contribution in [0.25, 0.3) is 6.08 Å². The first-order chi connectivity index (χ1) is 10.0. The third kappa shape index (κ3) is 3.73. The fourth-order valence-electron chi connectivity index (χ4n) is 1.91. The number of phenolic OH excluding ortho intramolecular Hbond substituents is 1. The number of carbonyl (C=O) groups is 1. The number of ether oxygens (including phenoxy) is 1. The van der Waals surface area contributed by atoms with Crippen LogP contribution in [0, 0.1) is 6.92 Å². The standard InChI is InChI=1S/C17H15BrO3/c1-11-4-3-5-13(8-11)15(19)7-6-12-9-17(21-2)16(20)10-14(12)18/h3-10,20H,1-2H3. The van der Waals surface area contributed by atoms with Gasteiger partial charge in [0.05, 0.1) is 7.11 Å². The zero-order valence-electron chi connectivity index (χ0n) is 11.8. The summed E-state index contributed by atoms with van der Waals surface area (Å²) in [5.41, 5.74) is 2.44. The van der Waals surface area contributed by atoms with Crippen molar-refractivity contribution >= 4 is 27.8 Å². The molecule has 0 saturated heterocycles. The zero-order chi connectivity index (χ0) is 15.4. The van der Waals surface area contributed by atoms with Crippen LogP contribution >= 0.6 is 15.9 Å². The molecule has 0 fully saturated rings. The van der Waals surface area contributed by atoms with Crippen molar-refractivity contribution in [2.45, 2.75) is 6.92 Å². The lowest BCUT2D eigenvalue weighted by Gasteiger charge is -2.06. The van der Waals surface area contributed by atoms with Crippen molar-refractivity contribution in [3.8, 4) is 11.5 Å². The topological polar surface area (TPSA) is 46.5 Å². The minimum atomic E-state index is -0.0716. The Bertz CT molecular complexity index is 705. The molecular formula is C17H15BrO3. The number of phenols is 1. The number of allylic oxidation sites excluding steroid dienone is 1. The number of aryl methyl sites for hydroxylation is 1. The smallest absolute Gasteiger partial charge is 0.185 e. The third-order valence-electron chi connectivity index (χ3n) is 3.02. The van der Waals surface area contributed by atoms with Gasteiger partial charge in [-0.15, -0.1) is 0 Å². The predicted octanol–water partition coefficient (Wildman–Crippen LogP) is 4.37. The van der Waals surface area contributed by atoms with E-state index in [1.807, 2.05) is 25.1 Å². The first-order valence-corrected chi connectivity index (χ1v) is 7.16. The van der Waals surface area contributed by atoms with Crippen molar-refractivity contribution in [1.82, 2.24) is 0 Å². The van der Waals surface area contributed by atoms with Crippen LogP contribution in [0.4, 0.5) is 0 Å². The van der Waals surface area contributed by atoms with Gasteiger partial charge in [-0.3, -0.25) is 4.79 Å². The molecule has 0 aliphatic heterocycles. The van der Waals surface area contributed by atoms with Crippen molar-refractivity contribution in [2.24, 2.45) is 0 Å². The predicted molar refractivity (Wildman–Crippen MR) is 86.9 cm³/mol. The number of aromatic hydroxyl groups is 1. The number of hydrogen-bond donors (Lipinski definition) is 1. The number of hydrogen-bond acceptors (Lipinski definition) is 3. The Kier molecular flexibility index (Phi) is 4.81. The molecule has 0 aromatic heterocycles. The van der Waals surface area contributed by atoms with Crippen LogP contribution in [0.5, 0.6) is 11.5 Å². The largest absolute Gasteiger partial charge is 0.504 e. The maximum atomic E-state index is 12.1. The number of halogens is 1. The quantitative estimate of drug-likeness (QED) is 0.660. The molecule has 2 aromatic carbocycles. The van der Waals surface area contributed by atoms with E-state index in [4.69, 9.17) is 4.74 Å². The molecule has 0 saturated carbocycles. The molecule has 0 atom stereocenters. The molecule has 0 unspecified atom stereocenters. The summed E-state index contributed by atoms with van der Waals surface area (Å²) in [4.78, 5) is 12.1. The van der Waals surface area contributed by atoms with Crippen LogP contribution in [0.15, 0.2) is 46.9 Å². The van der Waals surface area contributed by atoms with Gasteiger partial charge in [-0.1, -0.05) is 39.7 Å². The van der Waals surface area contributed by atoms with Crippen molar-refractivity contribution in [1.29, 1.82) is 0 Å². The van der Waals surface area contributed by atoms with Gasteiger partial charge in [0, 0.05) is 10.0 Å². The minimum Gasteiger partial charge on any atom is -0.504 e. The maximum Gasteiger partial charge on any atom is 0.185 e. The van der Waals surface area contributed by atoms with Crippen LogP contribution in [0.3, 0.4) is 0 Å². The van der Waals surface area contributed by atoms with Crippen LogP contribution in [0.2, 0.25) is 0 Å². The van der Waals surface area contributed by atoms with Crippen molar-refractivity contribution < 1.29 is 14.6 Å². The van der Waals surface area contributed by atoms with E-state index < -0.39 is 0 Å². The van der Waals surface area contributed by atoms with Crippen LogP contribution < -0.4 is 4.74 Å². The highest BCUT2D eigenvalue weighted by Crippen LogP contribution is 2.33. The molecule has 0 spiro atoms. The monoisotopic (exact) mass is 346 g/mol. The molecule has 2 aromatic rings. The first-order valence-electron chi connectivity index (χ1n) is 6.37. The van der Waals surface area contributed by atoms with E-state index in [2.05, 4.69) is 15.9 Å². The summed E-state index contributed by atoms with van der Waals surface area (Å²) in [5, 5.41) is 9.66. The summed E-state index contributed by atoms with van der Waals surface area (Å²) < 4.78 is 5.75. The van der Waals surface area contributed by atoms with Gasteiger partial charge in [0.15, 0.2) is 17.3 Å². The van der Waals surface area contributed by atoms with Gasteiger partial charge in [-0.25, -0.2) is 0 Å². The lowest BCUT2D eigenvalue weighted by molar-refractivity contribution is 0.104. The lowest BCUT2D eigenvalue weighted by Crippen LogP contribution is -1.94. The summed E-state index contributed by atoms with van der Waals surface area (Å²) in [6.07, 6.45) is 3.20. The Morgan fingerprint density at radius 3 is 2.71 bits per heavy atom. The Labute approximate surface area is 132 Å². The third-order valence-corrected chi connectivity index (χ3v) is 3.70. The highest BCUT2D eigenvalue weighted by Gasteiger charge is 2.07. The molecule has 3 nitrogen and oxygen atoms in total. The van der Waals surface area contributed by atoms with E-state index in [0.717, 1.165) is 11.1 Å². The SMILES string of the molecule is COc1cc(C=CC(=O)c2cccc(C)c2)c(Br)cc1O. The second kappa shape index (κ2) is 6.59. The van der Waals surface area contributed by atoms with E-state index in [9.17, 15) is 9.90 Å². The maximum absolute atomic E-state index is 12.1. The van der Waals surface area contributed by atoms with Crippen LogP contribution in [-0.2, 0) is 0 Å². The molecule has 0 aliphatic carbocycles. The van der Waals surface area contributed by atoms with E-state index in [0.29, 0.717) is 15.8 Å². The Morgan fingerprint density at radius 2 is 2.05 bits per heavy atom. The summed E-state index contributed by atoms with van der Waals surface area (Å²) in [5.74, 6) is 0.338. The van der Waals surface area contributed by atoms with Gasteiger partial charge in [0.1, 0.15) is 0 Å². The van der Waals surface area contributed by atoms with Crippen molar-refractivity contribution in [3.63, 3.8) is 0 Å². The molecule has 0 heterocycles. The molecule has 21 heavy (non-hydrogen) atoms. The number of carbonyl (C=O) groups excluding carboxylic acids is 1. The summed E-state index contributed by atoms with van der Waals surface area (Å²) >= 11 is 3.35. The second-order valence-electron chi connectivity index (χ2n) is 4.61. The summed E-state index contributed by atoms with van der Waals surface area (Å²) in [6, 6.07) is 10.6. The number of ketones is 1. The average Bonchev–Trinajstić information content (AvgIpc) is 2.46. The molecule has 4 heteroatoms. The fraction of sp³-hybridized carbons (Fsp3) is 0.118.